The van der Waals surface area contributed by atoms with E-state index in [0.717, 1.165) is 24.5 Å². The Labute approximate surface area is 102 Å². The summed E-state index contributed by atoms with van der Waals surface area (Å²) in [6, 6.07) is 3.94. The molecule has 0 spiro atoms. The largest absolute Gasteiger partial charge is 0.389 e. The third kappa shape index (κ3) is 2.32. The SMILES string of the molecule is CC1(C)CCN(c2ccc(C(N)=S)cn2)C1. The van der Waals surface area contributed by atoms with E-state index in [1.807, 2.05) is 12.1 Å². The standard InChI is InChI=1S/C12H17N3S/c1-12(2)5-6-15(8-12)10-4-3-9(7-14-10)11(13)16/h3-4,7H,5-6,8H2,1-2H3,(H2,13,16). The fraction of sp³-hybridized carbons (Fsp3) is 0.500. The third-order valence-electron chi connectivity index (χ3n) is 3.03. The molecular formula is C12H17N3S. The van der Waals surface area contributed by atoms with Gasteiger partial charge in [-0.25, -0.2) is 4.98 Å². The number of rotatable bonds is 2. The second-order valence-electron chi connectivity index (χ2n) is 5.11. The van der Waals surface area contributed by atoms with Gasteiger partial charge in [0.2, 0.25) is 0 Å². The first-order chi connectivity index (χ1) is 7.48. The summed E-state index contributed by atoms with van der Waals surface area (Å²) in [5.74, 6) is 1.02. The smallest absolute Gasteiger partial charge is 0.128 e. The van der Waals surface area contributed by atoms with Gasteiger partial charge in [0.15, 0.2) is 0 Å². The van der Waals surface area contributed by atoms with Crippen molar-refractivity contribution in [3.63, 3.8) is 0 Å². The van der Waals surface area contributed by atoms with Gasteiger partial charge in [0.25, 0.3) is 0 Å². The molecule has 1 aromatic heterocycles. The van der Waals surface area contributed by atoms with Crippen LogP contribution in [-0.4, -0.2) is 23.1 Å². The molecule has 2 rings (SSSR count). The number of thiocarbonyl (C=S) groups is 1. The van der Waals surface area contributed by atoms with Gasteiger partial charge in [-0.1, -0.05) is 26.1 Å². The quantitative estimate of drug-likeness (QED) is 0.796. The van der Waals surface area contributed by atoms with Gasteiger partial charge in [0.1, 0.15) is 10.8 Å². The normalized spacial score (nSPS) is 18.8. The number of nitrogens with zero attached hydrogens (tertiary/aromatic N) is 2. The van der Waals surface area contributed by atoms with Crippen molar-refractivity contribution in [2.75, 3.05) is 18.0 Å². The molecule has 0 unspecified atom stereocenters. The van der Waals surface area contributed by atoms with Crippen molar-refractivity contribution < 1.29 is 0 Å². The van der Waals surface area contributed by atoms with E-state index in [0.29, 0.717) is 10.4 Å². The molecule has 2 N–H and O–H groups in total. The van der Waals surface area contributed by atoms with Crippen molar-refractivity contribution in [2.45, 2.75) is 20.3 Å². The fourth-order valence-corrected chi connectivity index (χ4v) is 2.15. The lowest BCUT2D eigenvalue weighted by Gasteiger charge is -2.20. The molecule has 0 aromatic carbocycles. The Morgan fingerprint density at radius 1 is 1.50 bits per heavy atom. The molecule has 1 fully saturated rings. The molecule has 3 nitrogen and oxygen atoms in total. The molecule has 4 heteroatoms. The second kappa shape index (κ2) is 4.01. The number of aromatic nitrogens is 1. The molecule has 86 valence electrons. The molecule has 0 radical (unpaired) electrons. The van der Waals surface area contributed by atoms with Gasteiger partial charge < -0.3 is 10.6 Å². The summed E-state index contributed by atoms with van der Waals surface area (Å²) in [5, 5.41) is 0. The van der Waals surface area contributed by atoms with Crippen LogP contribution < -0.4 is 10.6 Å². The van der Waals surface area contributed by atoms with Crippen LogP contribution in [0.2, 0.25) is 0 Å². The third-order valence-corrected chi connectivity index (χ3v) is 3.27. The second-order valence-corrected chi connectivity index (χ2v) is 5.54. The van der Waals surface area contributed by atoms with E-state index in [2.05, 4.69) is 23.7 Å². The maximum Gasteiger partial charge on any atom is 0.128 e. The van der Waals surface area contributed by atoms with Crippen molar-refractivity contribution in [1.29, 1.82) is 0 Å². The number of nitrogens with two attached hydrogens (primary N) is 1. The molecule has 0 bridgehead atoms. The van der Waals surface area contributed by atoms with Gasteiger partial charge in [-0.05, 0) is 24.0 Å². The van der Waals surface area contributed by atoms with Gasteiger partial charge in [0, 0.05) is 24.8 Å². The Morgan fingerprint density at radius 3 is 2.69 bits per heavy atom. The summed E-state index contributed by atoms with van der Waals surface area (Å²) >= 11 is 4.90. The Bertz CT molecular complexity index is 397. The minimum Gasteiger partial charge on any atom is -0.389 e. The van der Waals surface area contributed by atoms with E-state index in [-0.39, 0.29) is 0 Å². The zero-order valence-electron chi connectivity index (χ0n) is 9.73. The minimum absolute atomic E-state index is 0.392. The molecule has 1 aliphatic rings. The van der Waals surface area contributed by atoms with E-state index < -0.39 is 0 Å². The van der Waals surface area contributed by atoms with Crippen LogP contribution in [0.5, 0.6) is 0 Å². The van der Waals surface area contributed by atoms with Crippen molar-refractivity contribution >= 4 is 23.0 Å². The van der Waals surface area contributed by atoms with Gasteiger partial charge in [-0.2, -0.15) is 0 Å². The molecule has 0 aliphatic carbocycles. The van der Waals surface area contributed by atoms with E-state index in [4.69, 9.17) is 18.0 Å². The molecule has 1 saturated heterocycles. The highest BCUT2D eigenvalue weighted by molar-refractivity contribution is 7.80. The Hall–Kier alpha value is -1.16. The first-order valence-electron chi connectivity index (χ1n) is 5.49. The van der Waals surface area contributed by atoms with Crippen LogP contribution in [-0.2, 0) is 0 Å². The number of pyridine rings is 1. The zero-order chi connectivity index (χ0) is 11.8. The van der Waals surface area contributed by atoms with Crippen molar-refractivity contribution in [2.24, 2.45) is 11.1 Å². The van der Waals surface area contributed by atoms with Crippen molar-refractivity contribution in [3.05, 3.63) is 23.9 Å². The van der Waals surface area contributed by atoms with Crippen LogP contribution in [0, 0.1) is 5.41 Å². The van der Waals surface area contributed by atoms with Gasteiger partial charge >= 0.3 is 0 Å². The molecule has 2 heterocycles. The van der Waals surface area contributed by atoms with Crippen LogP contribution >= 0.6 is 12.2 Å². The fourth-order valence-electron chi connectivity index (χ4n) is 2.03. The molecular weight excluding hydrogens is 218 g/mol. The van der Waals surface area contributed by atoms with Crippen LogP contribution in [0.3, 0.4) is 0 Å². The molecule has 1 aliphatic heterocycles. The predicted octanol–water partition coefficient (Wildman–Crippen LogP) is 1.95. The monoisotopic (exact) mass is 235 g/mol. The molecule has 0 saturated carbocycles. The van der Waals surface area contributed by atoms with Crippen molar-refractivity contribution in [1.82, 2.24) is 4.98 Å². The van der Waals surface area contributed by atoms with E-state index in [9.17, 15) is 0 Å². The molecule has 0 atom stereocenters. The first kappa shape index (κ1) is 11.3. The molecule has 1 aromatic rings. The summed E-state index contributed by atoms with van der Waals surface area (Å²) in [7, 11) is 0. The van der Waals surface area contributed by atoms with E-state index in [1.165, 1.54) is 6.42 Å². The lowest BCUT2D eigenvalue weighted by atomic mass is 9.93. The summed E-state index contributed by atoms with van der Waals surface area (Å²) in [5.41, 5.74) is 6.76. The average Bonchev–Trinajstić information content (AvgIpc) is 2.59. The maximum atomic E-state index is 5.54. The topological polar surface area (TPSA) is 42.1 Å². The highest BCUT2D eigenvalue weighted by Crippen LogP contribution is 2.31. The van der Waals surface area contributed by atoms with Crippen LogP contribution in [0.4, 0.5) is 5.82 Å². The Kier molecular flexibility index (Phi) is 2.84. The van der Waals surface area contributed by atoms with Crippen LogP contribution in [0.1, 0.15) is 25.8 Å². The Morgan fingerprint density at radius 2 is 2.25 bits per heavy atom. The van der Waals surface area contributed by atoms with Crippen LogP contribution in [0.15, 0.2) is 18.3 Å². The lowest BCUT2D eigenvalue weighted by Crippen LogP contribution is -2.23. The van der Waals surface area contributed by atoms with Gasteiger partial charge in [0.05, 0.1) is 0 Å². The summed E-state index contributed by atoms with van der Waals surface area (Å²) in [6.07, 6.45) is 2.97. The summed E-state index contributed by atoms with van der Waals surface area (Å²) < 4.78 is 0. The number of hydrogen-bond acceptors (Lipinski definition) is 3. The number of hydrogen-bond donors (Lipinski definition) is 1. The maximum absolute atomic E-state index is 5.54. The minimum atomic E-state index is 0.392. The highest BCUT2D eigenvalue weighted by Gasteiger charge is 2.29. The highest BCUT2D eigenvalue weighted by atomic mass is 32.1. The Balaban J connectivity index is 2.14. The molecule has 0 amide bonds. The predicted molar refractivity (Wildman–Crippen MR) is 70.7 cm³/mol. The zero-order valence-corrected chi connectivity index (χ0v) is 10.5. The van der Waals surface area contributed by atoms with E-state index in [1.54, 1.807) is 6.20 Å². The summed E-state index contributed by atoms with van der Waals surface area (Å²) in [6.45, 7) is 6.71. The van der Waals surface area contributed by atoms with Gasteiger partial charge in [-0.3, -0.25) is 0 Å². The number of anilines is 1. The van der Waals surface area contributed by atoms with E-state index >= 15 is 0 Å². The van der Waals surface area contributed by atoms with Crippen molar-refractivity contribution in [3.8, 4) is 0 Å². The first-order valence-corrected chi connectivity index (χ1v) is 5.90. The van der Waals surface area contributed by atoms with Gasteiger partial charge in [-0.15, -0.1) is 0 Å². The average molecular weight is 235 g/mol. The summed E-state index contributed by atoms with van der Waals surface area (Å²) in [4.78, 5) is 7.12. The lowest BCUT2D eigenvalue weighted by molar-refractivity contribution is 0.418. The molecule has 16 heavy (non-hydrogen) atoms. The van der Waals surface area contributed by atoms with Crippen LogP contribution in [0.25, 0.3) is 0 Å².